The van der Waals surface area contributed by atoms with Gasteiger partial charge in [0.05, 0.1) is 11.6 Å². The van der Waals surface area contributed by atoms with Crippen LogP contribution in [0.5, 0.6) is 0 Å². The Bertz CT molecular complexity index is 793. The molecule has 4 N–H and O–H groups in total. The first-order valence-electron chi connectivity index (χ1n) is 6.97. The predicted octanol–water partition coefficient (Wildman–Crippen LogP) is 4.05. The fourth-order valence-corrected chi connectivity index (χ4v) is 2.48. The third kappa shape index (κ3) is 3.92. The number of aromatic nitrogens is 1. The highest BCUT2D eigenvalue weighted by molar-refractivity contribution is 6.31. The Morgan fingerprint density at radius 3 is 2.57 bits per heavy atom. The van der Waals surface area contributed by atoms with E-state index in [4.69, 9.17) is 17.3 Å². The molecule has 0 saturated heterocycles. The lowest BCUT2D eigenvalue weighted by Crippen LogP contribution is -2.11. The molecule has 1 aromatic heterocycles. The topological polar surface area (TPSA) is 71.2 Å². The zero-order chi connectivity index (χ0) is 15.5. The van der Waals surface area contributed by atoms with Crippen molar-refractivity contribution in [3.05, 3.63) is 65.3 Å². The minimum Gasteiger partial charge on any atom is -0.387 e. The van der Waals surface area contributed by atoms with Crippen molar-refractivity contribution in [2.45, 2.75) is 6.10 Å². The minimum absolute atomic E-state index is 0. The van der Waals surface area contributed by atoms with E-state index in [9.17, 15) is 5.11 Å². The fourth-order valence-electron chi connectivity index (χ4n) is 2.31. The van der Waals surface area contributed by atoms with Gasteiger partial charge in [-0.2, -0.15) is 0 Å². The van der Waals surface area contributed by atoms with Gasteiger partial charge in [0.25, 0.3) is 0 Å². The molecule has 6 heteroatoms. The van der Waals surface area contributed by atoms with Crippen molar-refractivity contribution < 1.29 is 5.11 Å². The highest BCUT2D eigenvalue weighted by atomic mass is 35.5. The van der Waals surface area contributed by atoms with E-state index in [1.807, 2.05) is 48.5 Å². The molecule has 0 spiro atoms. The van der Waals surface area contributed by atoms with Gasteiger partial charge in [-0.15, -0.1) is 12.4 Å². The maximum absolute atomic E-state index is 9.71. The normalized spacial score (nSPS) is 11.8. The van der Waals surface area contributed by atoms with Crippen LogP contribution in [0.2, 0.25) is 5.02 Å². The fraction of sp³-hybridized carbons (Fsp3) is 0.118. The van der Waals surface area contributed by atoms with Crippen LogP contribution in [-0.4, -0.2) is 16.6 Å². The maximum Gasteiger partial charge on any atom is 0.0912 e. The highest BCUT2D eigenvalue weighted by Crippen LogP contribution is 2.27. The first-order chi connectivity index (χ1) is 10.7. The Labute approximate surface area is 145 Å². The van der Waals surface area contributed by atoms with Crippen molar-refractivity contribution in [3.8, 4) is 0 Å². The summed E-state index contributed by atoms with van der Waals surface area (Å²) in [6, 6.07) is 15.1. The number of pyridine rings is 1. The summed E-state index contributed by atoms with van der Waals surface area (Å²) in [6.07, 6.45) is 1.12. The number of hydrogen-bond acceptors (Lipinski definition) is 4. The molecule has 1 atom stereocenters. The average Bonchev–Trinajstić information content (AvgIpc) is 2.55. The summed E-state index contributed by atoms with van der Waals surface area (Å²) in [4.78, 5) is 4.32. The van der Waals surface area contributed by atoms with E-state index in [1.54, 1.807) is 6.20 Å². The first-order valence-corrected chi connectivity index (χ1v) is 7.34. The standard InChI is InChI=1S/C17H16ClN3O.ClH/c18-12-3-6-14-15(7-8-20-16(14)9-12)21-13-4-1-11(2-5-13)17(22)10-19;/h1-9,17,22H,10,19H2,(H,20,21);1H. The molecule has 4 nitrogen and oxygen atoms in total. The number of nitrogens with zero attached hydrogens (tertiary/aromatic N) is 1. The Balaban J connectivity index is 0.00000192. The second-order valence-electron chi connectivity index (χ2n) is 5.02. The Hall–Kier alpha value is -1.85. The van der Waals surface area contributed by atoms with Crippen LogP contribution < -0.4 is 11.1 Å². The van der Waals surface area contributed by atoms with Gasteiger partial charge in [0.1, 0.15) is 0 Å². The molecule has 0 aliphatic carbocycles. The summed E-state index contributed by atoms with van der Waals surface area (Å²) in [5.74, 6) is 0. The lowest BCUT2D eigenvalue weighted by molar-refractivity contribution is 0.187. The van der Waals surface area contributed by atoms with E-state index < -0.39 is 6.10 Å². The zero-order valence-electron chi connectivity index (χ0n) is 12.2. The monoisotopic (exact) mass is 349 g/mol. The molecule has 0 amide bonds. The average molecular weight is 350 g/mol. The van der Waals surface area contributed by atoms with Crippen LogP contribution in [0.15, 0.2) is 54.7 Å². The summed E-state index contributed by atoms with van der Waals surface area (Å²) in [5.41, 5.74) is 8.98. The largest absolute Gasteiger partial charge is 0.387 e. The molecule has 0 saturated carbocycles. The van der Waals surface area contributed by atoms with E-state index in [2.05, 4.69) is 10.3 Å². The van der Waals surface area contributed by atoms with Crippen LogP contribution in [0.25, 0.3) is 10.9 Å². The molecule has 1 unspecified atom stereocenters. The number of benzene rings is 2. The van der Waals surface area contributed by atoms with Crippen LogP contribution in [-0.2, 0) is 0 Å². The lowest BCUT2D eigenvalue weighted by atomic mass is 10.1. The predicted molar refractivity (Wildman–Crippen MR) is 97.7 cm³/mol. The van der Waals surface area contributed by atoms with Crippen LogP contribution in [0.1, 0.15) is 11.7 Å². The second-order valence-corrected chi connectivity index (χ2v) is 5.45. The number of hydrogen-bond donors (Lipinski definition) is 3. The molecule has 0 aliphatic rings. The summed E-state index contributed by atoms with van der Waals surface area (Å²) >= 11 is 6.00. The molecule has 0 aliphatic heterocycles. The molecule has 0 radical (unpaired) electrons. The number of aliphatic hydroxyl groups is 1. The number of halogens is 2. The van der Waals surface area contributed by atoms with Gasteiger partial charge in [-0.25, -0.2) is 0 Å². The molecule has 3 rings (SSSR count). The lowest BCUT2D eigenvalue weighted by Gasteiger charge is -2.12. The van der Waals surface area contributed by atoms with Crippen molar-refractivity contribution >= 4 is 46.3 Å². The molecule has 2 aromatic carbocycles. The molecule has 120 valence electrons. The van der Waals surface area contributed by atoms with Crippen molar-refractivity contribution in [3.63, 3.8) is 0 Å². The van der Waals surface area contributed by atoms with Gasteiger partial charge in [0.15, 0.2) is 0 Å². The van der Waals surface area contributed by atoms with Crippen molar-refractivity contribution in [1.82, 2.24) is 4.98 Å². The smallest absolute Gasteiger partial charge is 0.0912 e. The third-order valence-corrected chi connectivity index (χ3v) is 3.74. The van der Waals surface area contributed by atoms with Crippen LogP contribution >= 0.6 is 24.0 Å². The van der Waals surface area contributed by atoms with Gasteiger partial charge in [-0.1, -0.05) is 23.7 Å². The van der Waals surface area contributed by atoms with Gasteiger partial charge in [0, 0.05) is 34.5 Å². The van der Waals surface area contributed by atoms with Crippen molar-refractivity contribution in [2.75, 3.05) is 11.9 Å². The molecule has 23 heavy (non-hydrogen) atoms. The van der Waals surface area contributed by atoms with Gasteiger partial charge in [-0.3, -0.25) is 4.98 Å². The molecule has 1 heterocycles. The number of nitrogens with one attached hydrogen (secondary N) is 1. The van der Waals surface area contributed by atoms with E-state index >= 15 is 0 Å². The summed E-state index contributed by atoms with van der Waals surface area (Å²) in [7, 11) is 0. The van der Waals surface area contributed by atoms with Gasteiger partial charge in [0.2, 0.25) is 0 Å². The number of rotatable bonds is 4. The summed E-state index contributed by atoms with van der Waals surface area (Å²) in [6.45, 7) is 0.211. The van der Waals surface area contributed by atoms with E-state index in [1.165, 1.54) is 0 Å². The minimum atomic E-state index is -0.627. The number of anilines is 2. The number of fused-ring (bicyclic) bond motifs is 1. The number of aliphatic hydroxyl groups excluding tert-OH is 1. The summed E-state index contributed by atoms with van der Waals surface area (Å²) < 4.78 is 0. The van der Waals surface area contributed by atoms with Crippen LogP contribution in [0, 0.1) is 0 Å². The molecular formula is C17H17Cl2N3O. The SMILES string of the molecule is Cl.NCC(O)c1ccc(Nc2ccnc3cc(Cl)ccc23)cc1. The molecule has 3 aromatic rings. The number of nitrogens with two attached hydrogens (primary N) is 1. The van der Waals surface area contributed by atoms with Gasteiger partial charge < -0.3 is 16.2 Å². The Morgan fingerprint density at radius 1 is 1.13 bits per heavy atom. The quantitative estimate of drug-likeness (QED) is 0.664. The van der Waals surface area contributed by atoms with E-state index in [0.29, 0.717) is 5.02 Å². The van der Waals surface area contributed by atoms with Crippen molar-refractivity contribution in [1.29, 1.82) is 0 Å². The van der Waals surface area contributed by atoms with Gasteiger partial charge in [-0.05, 0) is 42.0 Å². The third-order valence-electron chi connectivity index (χ3n) is 3.50. The molecule has 0 fully saturated rings. The maximum atomic E-state index is 9.71. The summed E-state index contributed by atoms with van der Waals surface area (Å²) in [5, 5.41) is 14.7. The van der Waals surface area contributed by atoms with E-state index in [0.717, 1.165) is 27.8 Å². The van der Waals surface area contributed by atoms with Crippen LogP contribution in [0.4, 0.5) is 11.4 Å². The molecular weight excluding hydrogens is 333 g/mol. The van der Waals surface area contributed by atoms with Gasteiger partial charge >= 0.3 is 0 Å². The Kier molecular flexibility index (Phi) is 5.80. The highest BCUT2D eigenvalue weighted by Gasteiger charge is 2.06. The van der Waals surface area contributed by atoms with Crippen LogP contribution in [0.3, 0.4) is 0 Å². The molecule has 0 bridgehead atoms. The van der Waals surface area contributed by atoms with E-state index in [-0.39, 0.29) is 19.0 Å². The second kappa shape index (κ2) is 7.62. The Morgan fingerprint density at radius 2 is 1.87 bits per heavy atom. The van der Waals surface area contributed by atoms with Crippen molar-refractivity contribution in [2.24, 2.45) is 5.73 Å². The first kappa shape index (κ1) is 17.5. The zero-order valence-corrected chi connectivity index (χ0v) is 13.8.